The number of pyridine rings is 2. The van der Waals surface area contributed by atoms with E-state index < -0.39 is 41.2 Å². The van der Waals surface area contributed by atoms with Gasteiger partial charge in [-0.2, -0.15) is 13.2 Å². The van der Waals surface area contributed by atoms with Gasteiger partial charge in [0.05, 0.1) is 60.0 Å². The largest absolute Gasteiger partial charge is 0.420 e. The van der Waals surface area contributed by atoms with Gasteiger partial charge in [-0.25, -0.2) is 19.9 Å². The second-order valence-corrected chi connectivity index (χ2v) is 23.9. The first kappa shape index (κ1) is 56.4. The van der Waals surface area contributed by atoms with Crippen molar-refractivity contribution in [1.29, 1.82) is 0 Å². The van der Waals surface area contributed by atoms with E-state index in [1.807, 2.05) is 38.1 Å². The average Bonchev–Trinajstić information content (AvgIpc) is 4.02. The number of hydrogen-bond acceptors (Lipinski definition) is 14. The first-order chi connectivity index (χ1) is 36.1. The standard InChI is InChI=1S/C27H31F3N6O2S.C21H28N4O2S.C6H7BrN2/c1-15-3-5-21(17-4-6-22-20(11-17)34-25(39-22)16-7-9-35(2)10-8-16)36(14-15)26(38)24(37)33-18-12-19(27(28,29)30)23(31)32-13-18;1-13-3-5-17(25(12-13)21(27)19(22)26)15-4-6-18-16(11-15)23-20(28-18)14-7-9-24(2)10-8-14;1-4-2-5(7)3-9-6(4)8/h4,6,11-13,15-16,21H,3,5,7-10,14H2,1-2H3,(H2,31,32)(H,33,37);4,6,11,13-14,17H,3,5,7-10,12H2,1-2H3,(H2,22,26);2-3H,1H3,(H2,8,9)/t15-,21+;13-,17+;/m00./s1. The van der Waals surface area contributed by atoms with Crippen LogP contribution in [0.1, 0.15) is 121 Å². The summed E-state index contributed by atoms with van der Waals surface area (Å²) in [5.41, 5.74) is 19.5. The Kier molecular flexibility index (Phi) is 18.0. The van der Waals surface area contributed by atoms with Crippen LogP contribution >= 0.6 is 38.6 Å². The Labute approximate surface area is 457 Å². The number of carbonyl (C=O) groups is 4. The lowest BCUT2D eigenvalue weighted by molar-refractivity contribution is -0.147. The summed E-state index contributed by atoms with van der Waals surface area (Å²) in [5, 5.41) is 4.63. The molecule has 10 rings (SSSR count). The van der Waals surface area contributed by atoms with E-state index in [9.17, 15) is 32.3 Å². The van der Waals surface area contributed by atoms with Crippen LogP contribution in [0.25, 0.3) is 20.4 Å². The lowest BCUT2D eigenvalue weighted by atomic mass is 9.89. The molecule has 16 nitrogen and oxygen atoms in total. The van der Waals surface area contributed by atoms with E-state index in [1.54, 1.807) is 33.8 Å². The molecule has 4 aliphatic heterocycles. The van der Waals surface area contributed by atoms with Crippen LogP contribution in [-0.2, 0) is 25.4 Å². The molecule has 0 radical (unpaired) electrons. The Balaban J connectivity index is 0.000000179. The maximum atomic E-state index is 13.3. The number of nitrogen functional groups attached to an aromatic ring is 2. The van der Waals surface area contributed by atoms with Gasteiger partial charge in [0.15, 0.2) is 0 Å². The van der Waals surface area contributed by atoms with Gasteiger partial charge in [0.2, 0.25) is 0 Å². The molecular weight excluding hydrogens is 1080 g/mol. The van der Waals surface area contributed by atoms with E-state index in [1.165, 1.54) is 14.6 Å². The Morgan fingerprint density at radius 3 is 1.59 bits per heavy atom. The maximum Gasteiger partial charge on any atom is 0.420 e. The highest BCUT2D eigenvalue weighted by molar-refractivity contribution is 9.10. The first-order valence-corrected chi connectivity index (χ1v) is 28.1. The van der Waals surface area contributed by atoms with Gasteiger partial charge in [0.25, 0.3) is 0 Å². The highest BCUT2D eigenvalue weighted by atomic mass is 79.9. The number of carbonyl (C=O) groups excluding carboxylic acids is 4. The number of likely N-dealkylation sites (tertiary alicyclic amines) is 4. The zero-order valence-electron chi connectivity index (χ0n) is 43.4. The zero-order chi connectivity index (χ0) is 54.6. The van der Waals surface area contributed by atoms with E-state index in [0.717, 1.165) is 119 Å². The molecule has 4 aromatic heterocycles. The van der Waals surface area contributed by atoms with Crippen LogP contribution in [0.15, 0.2) is 65.4 Å². The number of nitrogens with one attached hydrogen (secondary N) is 1. The number of hydrogen-bond donors (Lipinski definition) is 4. The number of halogens is 4. The van der Waals surface area contributed by atoms with Crippen LogP contribution in [0.2, 0.25) is 0 Å². The second-order valence-electron chi connectivity index (χ2n) is 20.9. The molecule has 0 spiro atoms. The number of nitrogens with two attached hydrogens (primary N) is 3. The van der Waals surface area contributed by atoms with Gasteiger partial charge in [-0.3, -0.25) is 19.2 Å². The van der Waals surface area contributed by atoms with Crippen molar-refractivity contribution < 1.29 is 32.3 Å². The fraction of sp³-hybridized carbons (Fsp3) is 0.481. The molecule has 4 saturated heterocycles. The van der Waals surface area contributed by atoms with Crippen molar-refractivity contribution in [1.82, 2.24) is 39.5 Å². The second kappa shape index (κ2) is 24.2. The summed E-state index contributed by atoms with van der Waals surface area (Å²) in [5.74, 6) is -1.85. The van der Waals surface area contributed by atoms with Crippen LogP contribution in [0.4, 0.5) is 30.5 Å². The summed E-state index contributed by atoms with van der Waals surface area (Å²) < 4.78 is 42.9. The lowest BCUT2D eigenvalue weighted by Crippen LogP contribution is -2.46. The molecule has 4 amide bonds. The Hall–Kier alpha value is -5.81. The van der Waals surface area contributed by atoms with Crippen molar-refractivity contribution >= 4 is 100.0 Å². The minimum atomic E-state index is -4.74. The summed E-state index contributed by atoms with van der Waals surface area (Å²) in [6.07, 6.45) is 5.84. The number of nitrogens with zero attached hydrogens (tertiary/aromatic N) is 8. The van der Waals surface area contributed by atoms with Crippen molar-refractivity contribution in [2.45, 2.75) is 102 Å². The SMILES string of the molecule is C[C@H]1CC[C@H](c2ccc3sc(C4CCN(C)CC4)nc3c2)N(C(=O)C(=O)Nc2cnc(N)c(C(F)(F)F)c2)C1.C[C@H]1CC[C@H](c2ccc3sc(C4CCN(C)CC4)nc3c2)N(C(=O)C(N)=O)C1.Cc1cc(Br)cnc1N. The third-order valence-corrected chi connectivity index (χ3v) is 17.7. The molecule has 22 heteroatoms. The Morgan fingerprint density at radius 1 is 0.671 bits per heavy atom. The van der Waals surface area contributed by atoms with Gasteiger partial charge in [-0.15, -0.1) is 22.7 Å². The highest BCUT2D eigenvalue weighted by Crippen LogP contribution is 2.41. The van der Waals surface area contributed by atoms with E-state index in [-0.39, 0.29) is 23.7 Å². The van der Waals surface area contributed by atoms with E-state index in [0.29, 0.717) is 49.1 Å². The molecule has 4 atom stereocenters. The monoisotopic (exact) mass is 1150 g/mol. The molecule has 76 heavy (non-hydrogen) atoms. The van der Waals surface area contributed by atoms with Crippen molar-refractivity contribution in [3.05, 3.63) is 97.7 Å². The van der Waals surface area contributed by atoms with Gasteiger partial charge in [-0.05, 0) is 179 Å². The number of amides is 4. The quantitative estimate of drug-likeness (QED) is 0.119. The molecule has 2 aromatic carbocycles. The molecule has 0 bridgehead atoms. The molecule has 0 saturated carbocycles. The summed E-state index contributed by atoms with van der Waals surface area (Å²) in [7, 11) is 4.30. The van der Waals surface area contributed by atoms with E-state index in [4.69, 9.17) is 27.2 Å². The lowest BCUT2D eigenvalue weighted by Gasteiger charge is -2.38. The van der Waals surface area contributed by atoms with Crippen LogP contribution in [-0.4, -0.2) is 117 Å². The summed E-state index contributed by atoms with van der Waals surface area (Å²) in [6.45, 7) is 11.3. The third kappa shape index (κ3) is 13.6. The molecule has 0 unspecified atom stereocenters. The number of anilines is 3. The van der Waals surface area contributed by atoms with Crippen LogP contribution in [0.3, 0.4) is 0 Å². The smallest absolute Gasteiger partial charge is 0.383 e. The van der Waals surface area contributed by atoms with E-state index >= 15 is 0 Å². The molecule has 6 aromatic rings. The van der Waals surface area contributed by atoms with Crippen molar-refractivity contribution in [2.24, 2.45) is 17.6 Å². The van der Waals surface area contributed by atoms with E-state index in [2.05, 4.69) is 80.2 Å². The average molecular weight is 1150 g/mol. The fourth-order valence-electron chi connectivity index (χ4n) is 10.4. The number of fused-ring (bicyclic) bond motifs is 2. The van der Waals surface area contributed by atoms with Gasteiger partial charge in [0, 0.05) is 35.6 Å². The number of piperidine rings is 4. The fourth-order valence-corrected chi connectivity index (χ4v) is 13.1. The molecule has 4 aliphatic rings. The van der Waals surface area contributed by atoms with Crippen LogP contribution in [0.5, 0.6) is 0 Å². The molecule has 406 valence electrons. The number of rotatable bonds is 5. The summed E-state index contributed by atoms with van der Waals surface area (Å²) in [6, 6.07) is 14.5. The Morgan fingerprint density at radius 2 is 1.14 bits per heavy atom. The number of alkyl halides is 3. The van der Waals surface area contributed by atoms with Gasteiger partial charge in [-0.1, -0.05) is 26.0 Å². The van der Waals surface area contributed by atoms with Crippen molar-refractivity contribution in [3.8, 4) is 0 Å². The number of aryl methyl sites for hydroxylation is 1. The molecule has 8 heterocycles. The number of benzene rings is 2. The van der Waals surface area contributed by atoms with Crippen molar-refractivity contribution in [2.75, 3.05) is 70.1 Å². The zero-order valence-corrected chi connectivity index (χ0v) is 46.6. The minimum absolute atomic E-state index is 0.103. The first-order valence-electron chi connectivity index (χ1n) is 25.7. The maximum absolute atomic E-state index is 13.3. The molecule has 4 fully saturated rings. The third-order valence-electron chi connectivity index (χ3n) is 14.9. The van der Waals surface area contributed by atoms with Gasteiger partial charge >= 0.3 is 29.8 Å². The topological polar surface area (TPSA) is 223 Å². The number of aromatic nitrogens is 4. The number of primary amides is 1. The predicted octanol–water partition coefficient (Wildman–Crippen LogP) is 9.66. The Bertz CT molecular complexity index is 3070. The normalized spacial score (nSPS) is 21.1. The van der Waals surface area contributed by atoms with Crippen molar-refractivity contribution in [3.63, 3.8) is 0 Å². The number of thiazole rings is 2. The predicted molar refractivity (Wildman–Crippen MR) is 296 cm³/mol. The molecule has 0 aliphatic carbocycles. The summed E-state index contributed by atoms with van der Waals surface area (Å²) >= 11 is 6.78. The van der Waals surface area contributed by atoms with Crippen LogP contribution in [0, 0.1) is 18.8 Å². The van der Waals surface area contributed by atoms with Gasteiger partial charge in [0.1, 0.15) is 11.6 Å². The molecular formula is C54H66BrF3N12O4S2. The molecule has 7 N–H and O–H groups in total. The van der Waals surface area contributed by atoms with Gasteiger partial charge < -0.3 is 42.1 Å². The summed E-state index contributed by atoms with van der Waals surface area (Å²) in [4.78, 5) is 75.3. The highest BCUT2D eigenvalue weighted by Gasteiger charge is 2.38. The van der Waals surface area contributed by atoms with Crippen LogP contribution < -0.4 is 22.5 Å². The minimum Gasteiger partial charge on any atom is -0.383 e.